The van der Waals surface area contributed by atoms with Gasteiger partial charge >= 0.3 is 37.4 Å². The molecule has 2 rings (SSSR count). The van der Waals surface area contributed by atoms with Gasteiger partial charge in [-0.1, -0.05) is 36.4 Å². The van der Waals surface area contributed by atoms with Gasteiger partial charge in [-0.15, -0.1) is 0 Å². The van der Waals surface area contributed by atoms with E-state index in [0.29, 0.717) is 5.39 Å². The predicted molar refractivity (Wildman–Crippen MR) is 63.8 cm³/mol. The molecule has 2 aromatic carbocycles. The van der Waals surface area contributed by atoms with Crippen molar-refractivity contribution in [1.29, 1.82) is 0 Å². The molecule has 0 heterocycles. The van der Waals surface area contributed by atoms with Crippen LogP contribution in [-0.2, 0) is 4.57 Å². The van der Waals surface area contributed by atoms with Crippen LogP contribution in [-0.4, -0.2) is 39.3 Å². The van der Waals surface area contributed by atoms with Crippen LogP contribution < -0.4 is 4.52 Å². The molecule has 0 radical (unpaired) electrons. The van der Waals surface area contributed by atoms with Gasteiger partial charge in [-0.25, -0.2) is 4.57 Å². The molecule has 2 aromatic rings. The Morgan fingerprint density at radius 3 is 2.31 bits per heavy atom. The Hall–Kier alpha value is -0.350. The van der Waals surface area contributed by atoms with E-state index in [1.807, 2.05) is 18.2 Å². The molecule has 0 saturated carbocycles. The molecule has 0 amide bonds. The fourth-order valence-corrected chi connectivity index (χ4v) is 1.82. The van der Waals surface area contributed by atoms with E-state index in [2.05, 4.69) is 4.52 Å². The third-order valence-corrected chi connectivity index (χ3v) is 2.40. The molecule has 0 aliphatic rings. The molecule has 80 valence electrons. The van der Waals surface area contributed by atoms with Gasteiger partial charge in [0.1, 0.15) is 5.75 Å². The molecule has 6 heteroatoms. The van der Waals surface area contributed by atoms with E-state index in [9.17, 15) is 4.57 Å². The van der Waals surface area contributed by atoms with Gasteiger partial charge in [-0.3, -0.25) is 9.79 Å². The molecule has 0 bridgehead atoms. The average molecular weight is 248 g/mol. The summed E-state index contributed by atoms with van der Waals surface area (Å²) in [6.07, 6.45) is 0. The summed E-state index contributed by atoms with van der Waals surface area (Å²) >= 11 is 0. The second-order valence-electron chi connectivity index (χ2n) is 3.06. The van der Waals surface area contributed by atoms with Crippen molar-refractivity contribution in [3.8, 4) is 5.75 Å². The molecule has 0 aliphatic heterocycles. The van der Waals surface area contributed by atoms with E-state index in [-0.39, 0.29) is 35.3 Å². The molecule has 0 atom stereocenters. The second-order valence-corrected chi connectivity index (χ2v) is 4.22. The maximum absolute atomic E-state index is 10.7. The van der Waals surface area contributed by atoms with Crippen molar-refractivity contribution in [1.82, 2.24) is 0 Å². The van der Waals surface area contributed by atoms with Crippen molar-refractivity contribution in [3.05, 3.63) is 42.5 Å². The summed E-state index contributed by atoms with van der Waals surface area (Å²) in [7, 11) is -4.49. The molecule has 0 aliphatic carbocycles. The van der Waals surface area contributed by atoms with E-state index in [1.54, 1.807) is 18.2 Å². The topological polar surface area (TPSA) is 66.8 Å². The number of hydrogen-bond acceptors (Lipinski definition) is 2. The maximum atomic E-state index is 10.7. The first kappa shape index (κ1) is 13.7. The quantitative estimate of drug-likeness (QED) is 0.626. The minimum atomic E-state index is -4.49. The van der Waals surface area contributed by atoms with Crippen molar-refractivity contribution in [2.45, 2.75) is 0 Å². The Bertz CT molecular complexity index is 532. The van der Waals surface area contributed by atoms with E-state index >= 15 is 0 Å². The molecule has 16 heavy (non-hydrogen) atoms. The number of benzene rings is 2. The molecular formula is C10H10NaO4P. The van der Waals surface area contributed by atoms with E-state index in [1.165, 1.54) is 6.07 Å². The molecule has 0 aromatic heterocycles. The first-order valence-corrected chi connectivity index (χ1v) is 5.82. The summed E-state index contributed by atoms with van der Waals surface area (Å²) in [5, 5.41) is 1.56. The van der Waals surface area contributed by atoms with Crippen LogP contribution in [0, 0.1) is 0 Å². The van der Waals surface area contributed by atoms with Gasteiger partial charge in [-0.05, 0) is 11.5 Å². The number of phosphoric acid groups is 1. The van der Waals surface area contributed by atoms with E-state index in [0.717, 1.165) is 5.39 Å². The van der Waals surface area contributed by atoms with Gasteiger partial charge in [0.2, 0.25) is 0 Å². The fourth-order valence-electron chi connectivity index (χ4n) is 1.40. The van der Waals surface area contributed by atoms with Crippen molar-refractivity contribution < 1.29 is 18.9 Å². The third kappa shape index (κ3) is 3.32. The Morgan fingerprint density at radius 1 is 1.00 bits per heavy atom. The molecule has 0 unspecified atom stereocenters. The first-order valence-electron chi connectivity index (χ1n) is 4.29. The minimum absolute atomic E-state index is 0. The average Bonchev–Trinajstić information content (AvgIpc) is 2.16. The Balaban J connectivity index is 0.00000128. The summed E-state index contributed by atoms with van der Waals surface area (Å²) in [5.74, 6) is 0.196. The van der Waals surface area contributed by atoms with Crippen LogP contribution in [0.4, 0.5) is 0 Å². The molecule has 2 N–H and O–H groups in total. The van der Waals surface area contributed by atoms with Crippen LogP contribution in [0.5, 0.6) is 5.75 Å². The van der Waals surface area contributed by atoms with Gasteiger partial charge in [0.05, 0.1) is 0 Å². The summed E-state index contributed by atoms with van der Waals surface area (Å²) in [6, 6.07) is 12.3. The zero-order valence-corrected chi connectivity index (χ0v) is 8.59. The zero-order chi connectivity index (χ0) is 10.9. The molecule has 0 spiro atoms. The number of fused-ring (bicyclic) bond motifs is 1. The van der Waals surface area contributed by atoms with Crippen LogP contribution in [0.25, 0.3) is 10.8 Å². The Kier molecular flexibility index (Phi) is 4.56. The number of hydrogen-bond donors (Lipinski definition) is 2. The van der Waals surface area contributed by atoms with Gasteiger partial charge < -0.3 is 4.52 Å². The van der Waals surface area contributed by atoms with Crippen LogP contribution in [0.2, 0.25) is 0 Å². The van der Waals surface area contributed by atoms with Crippen molar-refractivity contribution in [2.24, 2.45) is 0 Å². The van der Waals surface area contributed by atoms with Gasteiger partial charge in [0, 0.05) is 5.39 Å². The van der Waals surface area contributed by atoms with Crippen molar-refractivity contribution in [2.75, 3.05) is 0 Å². The predicted octanol–water partition coefficient (Wildman–Crippen LogP) is 1.66. The van der Waals surface area contributed by atoms with E-state index in [4.69, 9.17) is 9.79 Å². The van der Waals surface area contributed by atoms with E-state index < -0.39 is 7.82 Å². The van der Waals surface area contributed by atoms with Crippen LogP contribution in [0.15, 0.2) is 42.5 Å². The summed E-state index contributed by atoms with van der Waals surface area (Å²) < 4.78 is 15.3. The Labute approximate surface area is 115 Å². The van der Waals surface area contributed by atoms with Gasteiger partial charge in [0.25, 0.3) is 0 Å². The van der Waals surface area contributed by atoms with Crippen molar-refractivity contribution in [3.63, 3.8) is 0 Å². The van der Waals surface area contributed by atoms with Crippen molar-refractivity contribution >= 4 is 48.2 Å². The van der Waals surface area contributed by atoms with Gasteiger partial charge in [-0.2, -0.15) is 0 Å². The summed E-state index contributed by atoms with van der Waals surface area (Å²) in [5.41, 5.74) is 0. The summed E-state index contributed by atoms with van der Waals surface area (Å²) in [6.45, 7) is 0. The molecule has 0 saturated heterocycles. The zero-order valence-electron chi connectivity index (χ0n) is 7.70. The molecular weight excluding hydrogens is 238 g/mol. The number of rotatable bonds is 2. The molecule has 4 nitrogen and oxygen atoms in total. The van der Waals surface area contributed by atoms with Crippen LogP contribution in [0.1, 0.15) is 0 Å². The standard InChI is InChI=1S/C10H9O4P.Na.H/c11-15(12,13)14-10-7-3-5-8-4-1-2-6-9(8)10;;/h1-7H,(H2,11,12,13);;. The van der Waals surface area contributed by atoms with Gasteiger partial charge in [0.15, 0.2) is 0 Å². The Morgan fingerprint density at radius 2 is 1.62 bits per heavy atom. The normalized spacial score (nSPS) is 10.9. The van der Waals surface area contributed by atoms with Crippen LogP contribution in [0.3, 0.4) is 0 Å². The van der Waals surface area contributed by atoms with Crippen LogP contribution >= 0.6 is 7.82 Å². The second kappa shape index (κ2) is 5.32. The first-order chi connectivity index (χ1) is 7.06. The fraction of sp³-hybridized carbons (Fsp3) is 0. The number of phosphoric ester groups is 1. The summed E-state index contributed by atoms with van der Waals surface area (Å²) in [4.78, 5) is 17.4. The monoisotopic (exact) mass is 248 g/mol. The molecule has 0 fully saturated rings. The third-order valence-electron chi connectivity index (χ3n) is 1.97. The SMILES string of the molecule is O=P(O)(O)Oc1cccc2ccccc12.[NaH].